The SMILES string of the molecule is Nc1cc(N2CCN(CCO)CC2)c(Cl)cc1[N+](=O)[O-]. The molecule has 1 saturated heterocycles. The molecule has 2 rings (SSSR count). The number of benzene rings is 1. The summed E-state index contributed by atoms with van der Waals surface area (Å²) in [6, 6.07) is 2.86. The Kier molecular flexibility index (Phi) is 4.64. The number of halogens is 1. The van der Waals surface area contributed by atoms with Gasteiger partial charge in [-0.25, -0.2) is 0 Å². The summed E-state index contributed by atoms with van der Waals surface area (Å²) in [6.45, 7) is 3.92. The van der Waals surface area contributed by atoms with Crippen LogP contribution in [0.5, 0.6) is 0 Å². The fourth-order valence-corrected chi connectivity index (χ4v) is 2.60. The van der Waals surface area contributed by atoms with Gasteiger partial charge >= 0.3 is 0 Å². The summed E-state index contributed by atoms with van der Waals surface area (Å²) >= 11 is 6.12. The van der Waals surface area contributed by atoms with Crippen molar-refractivity contribution in [3.05, 3.63) is 27.3 Å². The minimum Gasteiger partial charge on any atom is -0.395 e. The van der Waals surface area contributed by atoms with Crippen molar-refractivity contribution in [3.8, 4) is 0 Å². The van der Waals surface area contributed by atoms with Crippen molar-refractivity contribution < 1.29 is 10.0 Å². The van der Waals surface area contributed by atoms with E-state index < -0.39 is 4.92 Å². The lowest BCUT2D eigenvalue weighted by atomic mass is 10.2. The number of aliphatic hydroxyl groups excluding tert-OH is 1. The summed E-state index contributed by atoms with van der Waals surface area (Å²) in [5.41, 5.74) is 6.37. The highest BCUT2D eigenvalue weighted by atomic mass is 35.5. The predicted octanol–water partition coefficient (Wildman–Crippen LogP) is 0.945. The Morgan fingerprint density at radius 1 is 1.35 bits per heavy atom. The van der Waals surface area contributed by atoms with E-state index in [-0.39, 0.29) is 18.0 Å². The van der Waals surface area contributed by atoms with Gasteiger partial charge < -0.3 is 15.7 Å². The second-order valence-electron chi connectivity index (χ2n) is 4.67. The molecule has 1 fully saturated rings. The average Bonchev–Trinajstić information content (AvgIpc) is 2.42. The summed E-state index contributed by atoms with van der Waals surface area (Å²) in [5, 5.41) is 20.0. The number of nitrogens with zero attached hydrogens (tertiary/aromatic N) is 3. The maximum Gasteiger partial charge on any atom is 0.293 e. The van der Waals surface area contributed by atoms with Crippen molar-refractivity contribution in [2.75, 3.05) is 50.0 Å². The summed E-state index contributed by atoms with van der Waals surface area (Å²) < 4.78 is 0. The first-order valence-electron chi connectivity index (χ1n) is 6.34. The van der Waals surface area contributed by atoms with Gasteiger partial charge in [-0.3, -0.25) is 15.0 Å². The molecule has 0 radical (unpaired) electrons. The minimum atomic E-state index is -0.538. The van der Waals surface area contributed by atoms with E-state index in [9.17, 15) is 10.1 Å². The van der Waals surface area contributed by atoms with Crippen LogP contribution in [0.2, 0.25) is 5.02 Å². The van der Waals surface area contributed by atoms with Crippen molar-refractivity contribution in [3.63, 3.8) is 0 Å². The van der Waals surface area contributed by atoms with Crippen LogP contribution < -0.4 is 10.6 Å². The molecule has 0 atom stereocenters. The van der Waals surface area contributed by atoms with Gasteiger partial charge in [0.05, 0.1) is 22.2 Å². The number of β-amino-alcohol motifs (C(OH)–C–C–N with tert-alkyl or cyclic N) is 1. The topological polar surface area (TPSA) is 95.9 Å². The van der Waals surface area contributed by atoms with Gasteiger partial charge in [-0.05, 0) is 6.07 Å². The fraction of sp³-hybridized carbons (Fsp3) is 0.500. The summed E-state index contributed by atoms with van der Waals surface area (Å²) in [4.78, 5) is 14.5. The van der Waals surface area contributed by atoms with E-state index in [4.69, 9.17) is 22.4 Å². The number of hydrogen-bond donors (Lipinski definition) is 2. The minimum absolute atomic E-state index is 0.118. The molecule has 7 nitrogen and oxygen atoms in total. The van der Waals surface area contributed by atoms with E-state index in [2.05, 4.69) is 9.80 Å². The van der Waals surface area contributed by atoms with E-state index >= 15 is 0 Å². The van der Waals surface area contributed by atoms with Crippen LogP contribution >= 0.6 is 11.6 Å². The molecule has 8 heteroatoms. The number of nitro groups is 1. The molecule has 1 aromatic carbocycles. The van der Waals surface area contributed by atoms with E-state index in [1.54, 1.807) is 6.07 Å². The molecule has 1 aromatic rings. The molecule has 0 saturated carbocycles. The summed E-state index contributed by atoms with van der Waals surface area (Å²) in [7, 11) is 0. The Balaban J connectivity index is 2.14. The van der Waals surface area contributed by atoms with Gasteiger partial charge in [-0.15, -0.1) is 0 Å². The third kappa shape index (κ3) is 3.12. The number of piperazine rings is 1. The Labute approximate surface area is 121 Å². The number of nitrogens with two attached hydrogens (primary N) is 1. The smallest absolute Gasteiger partial charge is 0.293 e. The van der Waals surface area contributed by atoms with Crippen LogP contribution in [0.1, 0.15) is 0 Å². The normalized spacial score (nSPS) is 16.4. The number of anilines is 2. The van der Waals surface area contributed by atoms with E-state index in [0.29, 0.717) is 11.6 Å². The van der Waals surface area contributed by atoms with Crippen LogP contribution in [0.25, 0.3) is 0 Å². The van der Waals surface area contributed by atoms with Crippen molar-refractivity contribution in [1.82, 2.24) is 4.90 Å². The Bertz CT molecular complexity index is 504. The second kappa shape index (κ2) is 6.25. The van der Waals surface area contributed by atoms with E-state index in [1.807, 2.05) is 0 Å². The van der Waals surface area contributed by atoms with Gasteiger partial charge in [0.1, 0.15) is 5.69 Å². The zero-order valence-electron chi connectivity index (χ0n) is 11.0. The lowest BCUT2D eigenvalue weighted by Crippen LogP contribution is -2.47. The molecule has 0 bridgehead atoms. The Hall–Kier alpha value is -1.57. The zero-order valence-corrected chi connectivity index (χ0v) is 11.7. The number of aliphatic hydroxyl groups is 1. The first kappa shape index (κ1) is 14.8. The summed E-state index contributed by atoms with van der Waals surface area (Å²) in [6.07, 6.45) is 0. The van der Waals surface area contributed by atoms with Gasteiger partial charge in [0, 0.05) is 38.8 Å². The summed E-state index contributed by atoms with van der Waals surface area (Å²) in [5.74, 6) is 0. The number of rotatable bonds is 4. The highest BCUT2D eigenvalue weighted by molar-refractivity contribution is 6.33. The van der Waals surface area contributed by atoms with E-state index in [0.717, 1.165) is 31.9 Å². The van der Waals surface area contributed by atoms with Gasteiger partial charge in [0.15, 0.2) is 0 Å². The van der Waals surface area contributed by atoms with Crippen LogP contribution in [-0.4, -0.2) is 54.3 Å². The van der Waals surface area contributed by atoms with Crippen molar-refractivity contribution in [2.45, 2.75) is 0 Å². The van der Waals surface area contributed by atoms with Crippen molar-refractivity contribution in [1.29, 1.82) is 0 Å². The standard InChI is InChI=1S/C12H17ClN4O3/c13-9-7-12(17(19)20)10(14)8-11(9)16-3-1-15(2-4-16)5-6-18/h7-8,18H,1-6,14H2. The molecule has 3 N–H and O–H groups in total. The molecule has 110 valence electrons. The van der Waals surface area contributed by atoms with Crippen molar-refractivity contribution >= 4 is 28.7 Å². The fourth-order valence-electron chi connectivity index (χ4n) is 2.32. The Morgan fingerprint density at radius 2 is 2.00 bits per heavy atom. The third-order valence-corrected chi connectivity index (χ3v) is 3.72. The van der Waals surface area contributed by atoms with Crippen LogP contribution in [0.15, 0.2) is 12.1 Å². The maximum absolute atomic E-state index is 10.8. The molecule has 0 unspecified atom stereocenters. The second-order valence-corrected chi connectivity index (χ2v) is 5.08. The maximum atomic E-state index is 10.8. The van der Waals surface area contributed by atoms with Crippen LogP contribution in [0, 0.1) is 10.1 Å². The molecule has 1 aliphatic rings. The molecule has 1 aliphatic heterocycles. The monoisotopic (exact) mass is 300 g/mol. The average molecular weight is 301 g/mol. The molecule has 0 aliphatic carbocycles. The molecular weight excluding hydrogens is 284 g/mol. The van der Waals surface area contributed by atoms with Crippen molar-refractivity contribution in [2.24, 2.45) is 0 Å². The third-order valence-electron chi connectivity index (χ3n) is 3.42. The van der Waals surface area contributed by atoms with Crippen LogP contribution in [0.3, 0.4) is 0 Å². The van der Waals surface area contributed by atoms with Gasteiger partial charge in [-0.2, -0.15) is 0 Å². The van der Waals surface area contributed by atoms with Crippen LogP contribution in [0.4, 0.5) is 17.1 Å². The van der Waals surface area contributed by atoms with E-state index in [1.165, 1.54) is 6.07 Å². The zero-order chi connectivity index (χ0) is 14.7. The largest absolute Gasteiger partial charge is 0.395 e. The lowest BCUT2D eigenvalue weighted by molar-refractivity contribution is -0.383. The highest BCUT2D eigenvalue weighted by Gasteiger charge is 2.22. The molecular formula is C12H17ClN4O3. The number of nitro benzene ring substituents is 1. The first-order chi connectivity index (χ1) is 9.52. The number of hydrogen-bond acceptors (Lipinski definition) is 6. The number of nitrogen functional groups attached to an aromatic ring is 1. The first-order valence-corrected chi connectivity index (χ1v) is 6.72. The predicted molar refractivity (Wildman–Crippen MR) is 78.3 cm³/mol. The molecule has 1 heterocycles. The molecule has 20 heavy (non-hydrogen) atoms. The van der Waals surface area contributed by atoms with Gasteiger partial charge in [0.25, 0.3) is 5.69 Å². The van der Waals surface area contributed by atoms with Gasteiger partial charge in [-0.1, -0.05) is 11.6 Å². The molecule has 0 amide bonds. The highest BCUT2D eigenvalue weighted by Crippen LogP contribution is 2.35. The quantitative estimate of drug-likeness (QED) is 0.488. The van der Waals surface area contributed by atoms with Crippen LogP contribution in [-0.2, 0) is 0 Å². The lowest BCUT2D eigenvalue weighted by Gasteiger charge is -2.36. The molecule has 0 spiro atoms. The molecule has 0 aromatic heterocycles. The Morgan fingerprint density at radius 3 is 2.55 bits per heavy atom. The van der Waals surface area contributed by atoms with Gasteiger partial charge in [0.2, 0.25) is 0 Å².